The van der Waals surface area contributed by atoms with Gasteiger partial charge in [0.05, 0.1) is 28.0 Å². The van der Waals surface area contributed by atoms with Gasteiger partial charge in [-0.1, -0.05) is 11.6 Å². The van der Waals surface area contributed by atoms with Gasteiger partial charge in [0.25, 0.3) is 17.6 Å². The molecule has 15 heteroatoms. The second-order valence-corrected chi connectivity index (χ2v) is 14.5. The van der Waals surface area contributed by atoms with Crippen LogP contribution < -0.4 is 10.6 Å². The third-order valence-electron chi connectivity index (χ3n) is 8.51. The van der Waals surface area contributed by atoms with Gasteiger partial charge in [-0.3, -0.25) is 19.2 Å². The van der Waals surface area contributed by atoms with Crippen molar-refractivity contribution in [3.8, 4) is 0 Å². The molecule has 6 rings (SSSR count). The molecule has 3 amide bonds. The molecule has 1 aromatic carbocycles. The number of carbonyl (C=O) groups excluding carboxylic acids is 4. The predicted octanol–water partition coefficient (Wildman–Crippen LogP) is 2.44. The van der Waals surface area contributed by atoms with Gasteiger partial charge in [-0.25, -0.2) is 21.6 Å². The number of anilines is 1. The molecule has 42 heavy (non-hydrogen) atoms. The maximum Gasteiger partial charge on any atom is 0.293 e. The van der Waals surface area contributed by atoms with Crippen LogP contribution >= 0.6 is 11.6 Å². The number of Topliss-reactive ketones (excluding diaryl/α,β-unsaturated/α-hetero) is 1. The van der Waals surface area contributed by atoms with Crippen molar-refractivity contribution in [3.05, 3.63) is 52.1 Å². The Morgan fingerprint density at radius 3 is 2.36 bits per heavy atom. The lowest BCUT2D eigenvalue weighted by Gasteiger charge is -2.58. The Balaban J connectivity index is 1.20. The van der Waals surface area contributed by atoms with Gasteiger partial charge in [-0.15, -0.1) is 0 Å². The van der Waals surface area contributed by atoms with Gasteiger partial charge >= 0.3 is 0 Å². The summed E-state index contributed by atoms with van der Waals surface area (Å²) in [5.41, 5.74) is -1.75. The SMILES string of the molecule is Cc1cn2c(c1C(=O)C(=O)NC1(C(=O)N3CC4(C3)CS(=O)(=O)C4)CC(F)(F)C1)C(C(=O)Nc1ccc(F)c(Cl)c1)CC2. The number of amides is 3. The number of nitrogens with one attached hydrogen (secondary N) is 2. The molecule has 2 aromatic rings. The number of benzene rings is 1. The number of fused-ring (bicyclic) bond motifs is 1. The lowest BCUT2D eigenvalue weighted by Crippen LogP contribution is -2.76. The normalized spacial score (nSPS) is 23.6. The highest BCUT2D eigenvalue weighted by molar-refractivity contribution is 7.92. The first-order valence-electron chi connectivity index (χ1n) is 13.2. The minimum atomic E-state index is -3.23. The summed E-state index contributed by atoms with van der Waals surface area (Å²) in [7, 11) is -3.17. The summed E-state index contributed by atoms with van der Waals surface area (Å²) in [5.74, 6) is -8.53. The molecule has 3 aliphatic heterocycles. The van der Waals surface area contributed by atoms with Gasteiger partial charge in [0, 0.05) is 55.5 Å². The van der Waals surface area contributed by atoms with E-state index in [0.29, 0.717) is 18.5 Å². The van der Waals surface area contributed by atoms with E-state index in [1.54, 1.807) is 17.7 Å². The molecular formula is C27H26ClF3N4O6S. The molecule has 1 aromatic heterocycles. The van der Waals surface area contributed by atoms with Crippen molar-refractivity contribution >= 4 is 50.6 Å². The number of carbonyl (C=O) groups is 4. The number of rotatable bonds is 6. The molecular weight excluding hydrogens is 601 g/mol. The third-order valence-corrected chi connectivity index (χ3v) is 10.9. The van der Waals surface area contributed by atoms with Gasteiger partial charge in [0.15, 0.2) is 9.84 Å². The summed E-state index contributed by atoms with van der Waals surface area (Å²) in [4.78, 5) is 54.4. The zero-order valence-electron chi connectivity index (χ0n) is 22.3. The quantitative estimate of drug-likeness (QED) is 0.374. The molecule has 1 saturated carbocycles. The molecule has 224 valence electrons. The molecule has 2 N–H and O–H groups in total. The van der Waals surface area contributed by atoms with Gasteiger partial charge in [-0.05, 0) is 37.1 Å². The topological polar surface area (TPSA) is 135 Å². The van der Waals surface area contributed by atoms with Gasteiger partial charge < -0.3 is 20.1 Å². The van der Waals surface area contributed by atoms with Crippen molar-refractivity contribution in [1.29, 1.82) is 0 Å². The molecule has 3 fully saturated rings. The molecule has 1 spiro atoms. The number of alkyl halides is 2. The van der Waals surface area contributed by atoms with Crippen LogP contribution in [0.5, 0.6) is 0 Å². The highest BCUT2D eigenvalue weighted by Crippen LogP contribution is 2.49. The summed E-state index contributed by atoms with van der Waals surface area (Å²) in [6, 6.07) is 3.66. The van der Waals surface area contributed by atoms with Crippen molar-refractivity contribution in [1.82, 2.24) is 14.8 Å². The molecule has 1 atom stereocenters. The summed E-state index contributed by atoms with van der Waals surface area (Å²) >= 11 is 5.80. The summed E-state index contributed by atoms with van der Waals surface area (Å²) in [6.45, 7) is 2.09. The molecule has 4 heterocycles. The molecule has 0 radical (unpaired) electrons. The van der Waals surface area contributed by atoms with E-state index in [9.17, 15) is 40.8 Å². The van der Waals surface area contributed by atoms with Crippen molar-refractivity contribution in [2.24, 2.45) is 5.41 Å². The zero-order chi connectivity index (χ0) is 30.4. The van der Waals surface area contributed by atoms with E-state index in [0.717, 1.165) is 6.07 Å². The standard InChI is InChI=1S/C27H26ClF3N4O6S/c1-14-7-34-5-4-16(22(37)32-15-2-3-18(29)17(28)6-15)20(34)19(14)21(36)23(38)33-26(8-27(30,31)9-26)24(39)35-10-25(11-35)12-42(40,41)13-25/h2-3,6-7,16H,4-5,8-13H2,1H3,(H,32,37)(H,33,38). The van der Waals surface area contributed by atoms with Crippen molar-refractivity contribution in [2.75, 3.05) is 29.9 Å². The van der Waals surface area contributed by atoms with Crippen LogP contribution in [0.1, 0.15) is 46.8 Å². The highest BCUT2D eigenvalue weighted by atomic mass is 35.5. The number of nitrogens with zero attached hydrogens (tertiary/aromatic N) is 2. The molecule has 0 bridgehead atoms. The predicted molar refractivity (Wildman–Crippen MR) is 144 cm³/mol. The Bertz CT molecular complexity index is 1660. The van der Waals surface area contributed by atoms with Crippen LogP contribution in [0.3, 0.4) is 0 Å². The van der Waals surface area contributed by atoms with Crippen molar-refractivity contribution in [2.45, 2.75) is 50.1 Å². The second-order valence-electron chi connectivity index (χ2n) is 12.0. The Hall–Kier alpha value is -3.39. The fourth-order valence-corrected chi connectivity index (χ4v) is 9.15. The fourth-order valence-electron chi connectivity index (χ4n) is 6.83. The smallest absolute Gasteiger partial charge is 0.293 e. The number of ketones is 1. The lowest BCUT2D eigenvalue weighted by molar-refractivity contribution is -0.181. The first-order valence-corrected chi connectivity index (χ1v) is 15.4. The van der Waals surface area contributed by atoms with Crippen LogP contribution in [-0.2, 0) is 30.8 Å². The van der Waals surface area contributed by atoms with Crippen LogP contribution in [0.2, 0.25) is 5.02 Å². The van der Waals surface area contributed by atoms with E-state index >= 15 is 0 Å². The molecule has 4 aliphatic rings. The number of aryl methyl sites for hydroxylation is 2. The van der Waals surface area contributed by atoms with E-state index < -0.39 is 74.8 Å². The zero-order valence-corrected chi connectivity index (χ0v) is 23.9. The minimum Gasteiger partial charge on any atom is -0.350 e. The Morgan fingerprint density at radius 1 is 1.10 bits per heavy atom. The van der Waals surface area contributed by atoms with Crippen LogP contribution in [0.25, 0.3) is 0 Å². The average molecular weight is 627 g/mol. The lowest BCUT2D eigenvalue weighted by atomic mass is 9.70. The molecule has 1 unspecified atom stereocenters. The Morgan fingerprint density at radius 2 is 1.76 bits per heavy atom. The fraction of sp³-hybridized carbons (Fsp3) is 0.481. The van der Waals surface area contributed by atoms with Crippen molar-refractivity contribution < 1.29 is 40.8 Å². The highest BCUT2D eigenvalue weighted by Gasteiger charge is 2.66. The first-order chi connectivity index (χ1) is 19.5. The molecule has 2 saturated heterocycles. The number of halogens is 4. The van der Waals surface area contributed by atoms with Crippen LogP contribution in [0.15, 0.2) is 24.4 Å². The van der Waals surface area contributed by atoms with E-state index in [2.05, 4.69) is 10.6 Å². The van der Waals surface area contributed by atoms with Crippen LogP contribution in [0, 0.1) is 18.2 Å². The number of sulfone groups is 1. The van der Waals surface area contributed by atoms with E-state index in [4.69, 9.17) is 11.6 Å². The maximum absolute atomic E-state index is 14.1. The largest absolute Gasteiger partial charge is 0.350 e. The second kappa shape index (κ2) is 9.30. The maximum atomic E-state index is 14.1. The van der Waals surface area contributed by atoms with Crippen molar-refractivity contribution in [3.63, 3.8) is 0 Å². The van der Waals surface area contributed by atoms with Crippen LogP contribution in [0.4, 0.5) is 18.9 Å². The van der Waals surface area contributed by atoms with E-state index in [-0.39, 0.29) is 46.6 Å². The number of hydrogen-bond donors (Lipinski definition) is 2. The number of hydrogen-bond acceptors (Lipinski definition) is 6. The average Bonchev–Trinajstić information content (AvgIpc) is 3.38. The van der Waals surface area contributed by atoms with Gasteiger partial charge in [0.2, 0.25) is 11.8 Å². The molecule has 10 nitrogen and oxygen atoms in total. The summed E-state index contributed by atoms with van der Waals surface area (Å²) in [5, 5.41) is 4.72. The summed E-state index contributed by atoms with van der Waals surface area (Å²) < 4.78 is 66.6. The molecule has 1 aliphatic carbocycles. The Labute approximate surface area is 243 Å². The van der Waals surface area contributed by atoms with E-state index in [1.165, 1.54) is 17.0 Å². The Kier molecular flexibility index (Phi) is 6.36. The first kappa shape index (κ1) is 28.7. The van der Waals surface area contributed by atoms with Crippen LogP contribution in [-0.4, -0.2) is 77.4 Å². The number of likely N-dealkylation sites (tertiary alicyclic amines) is 1. The third kappa shape index (κ3) is 4.68. The minimum absolute atomic E-state index is 0.0569. The number of aromatic nitrogens is 1. The monoisotopic (exact) mass is 626 g/mol. The summed E-state index contributed by atoms with van der Waals surface area (Å²) in [6.07, 6.45) is -0.0582. The van der Waals surface area contributed by atoms with E-state index in [1.807, 2.05) is 0 Å². The van der Waals surface area contributed by atoms with Gasteiger partial charge in [-0.2, -0.15) is 0 Å². The van der Waals surface area contributed by atoms with Gasteiger partial charge in [0.1, 0.15) is 11.4 Å².